The van der Waals surface area contributed by atoms with Gasteiger partial charge in [0.1, 0.15) is 0 Å². The van der Waals surface area contributed by atoms with Gasteiger partial charge in [-0.25, -0.2) is 0 Å². The Kier molecular flexibility index (Phi) is 5.52. The van der Waals surface area contributed by atoms with Crippen molar-refractivity contribution in [3.63, 3.8) is 0 Å². The van der Waals surface area contributed by atoms with E-state index in [2.05, 4.69) is 0 Å². The Balaban J connectivity index is 1.91. The molecule has 2 N–H and O–H groups in total. The molecule has 0 spiro atoms. The first-order chi connectivity index (χ1) is 10.2. The SMILES string of the molecule is COc1ccc(COCC2CCCC2CN)cc1[N+](=O)[O-]. The van der Waals surface area contributed by atoms with Crippen molar-refractivity contribution < 1.29 is 14.4 Å². The van der Waals surface area contributed by atoms with Gasteiger partial charge in [-0.3, -0.25) is 10.1 Å². The molecular formula is C15H22N2O4. The zero-order valence-electron chi connectivity index (χ0n) is 12.3. The lowest BCUT2D eigenvalue weighted by atomic mass is 9.97. The second-order valence-electron chi connectivity index (χ2n) is 5.47. The molecule has 1 saturated carbocycles. The highest BCUT2D eigenvalue weighted by atomic mass is 16.6. The van der Waals surface area contributed by atoms with Gasteiger partial charge < -0.3 is 15.2 Å². The lowest BCUT2D eigenvalue weighted by Gasteiger charge is -2.17. The minimum Gasteiger partial charge on any atom is -0.490 e. The average molecular weight is 294 g/mol. The Labute approximate surface area is 124 Å². The standard InChI is InChI=1S/C15H22N2O4/c1-20-15-6-5-11(7-14(15)17(18)19)9-21-10-13-4-2-3-12(13)8-16/h5-7,12-13H,2-4,8-10,16H2,1H3. The largest absolute Gasteiger partial charge is 0.490 e. The molecule has 21 heavy (non-hydrogen) atoms. The zero-order chi connectivity index (χ0) is 15.2. The van der Waals surface area contributed by atoms with Gasteiger partial charge in [-0.05, 0) is 42.9 Å². The summed E-state index contributed by atoms with van der Waals surface area (Å²) in [6, 6.07) is 4.91. The summed E-state index contributed by atoms with van der Waals surface area (Å²) in [4.78, 5) is 10.5. The summed E-state index contributed by atoms with van der Waals surface area (Å²) in [6.45, 7) is 1.75. The van der Waals surface area contributed by atoms with Crippen LogP contribution in [-0.2, 0) is 11.3 Å². The number of nitrogens with zero attached hydrogens (tertiary/aromatic N) is 1. The van der Waals surface area contributed by atoms with Crippen LogP contribution in [0.3, 0.4) is 0 Å². The molecule has 1 aliphatic rings. The molecule has 6 nitrogen and oxygen atoms in total. The van der Waals surface area contributed by atoms with E-state index < -0.39 is 4.92 Å². The highest BCUT2D eigenvalue weighted by Gasteiger charge is 2.26. The van der Waals surface area contributed by atoms with Crippen LogP contribution in [0.25, 0.3) is 0 Å². The van der Waals surface area contributed by atoms with Crippen LogP contribution in [0, 0.1) is 22.0 Å². The summed E-state index contributed by atoms with van der Waals surface area (Å²) >= 11 is 0. The first kappa shape index (κ1) is 15.7. The Morgan fingerprint density at radius 3 is 2.81 bits per heavy atom. The fourth-order valence-electron chi connectivity index (χ4n) is 2.94. The van der Waals surface area contributed by atoms with E-state index in [1.807, 2.05) is 0 Å². The second-order valence-corrected chi connectivity index (χ2v) is 5.47. The maximum atomic E-state index is 11.0. The molecule has 2 rings (SSSR count). The minimum absolute atomic E-state index is 0.0284. The first-order valence-corrected chi connectivity index (χ1v) is 7.24. The lowest BCUT2D eigenvalue weighted by molar-refractivity contribution is -0.385. The molecule has 0 saturated heterocycles. The molecule has 116 valence electrons. The summed E-state index contributed by atoms with van der Waals surface area (Å²) in [5, 5.41) is 11.0. The van der Waals surface area contributed by atoms with Gasteiger partial charge >= 0.3 is 5.69 Å². The predicted octanol–water partition coefficient (Wildman–Crippen LogP) is 2.50. The highest BCUT2D eigenvalue weighted by Crippen LogP contribution is 2.31. The Morgan fingerprint density at radius 1 is 1.38 bits per heavy atom. The van der Waals surface area contributed by atoms with Gasteiger partial charge in [0.2, 0.25) is 0 Å². The van der Waals surface area contributed by atoms with Crippen molar-refractivity contribution >= 4 is 5.69 Å². The van der Waals surface area contributed by atoms with Crippen LogP contribution in [0.1, 0.15) is 24.8 Å². The van der Waals surface area contributed by atoms with E-state index in [9.17, 15) is 10.1 Å². The van der Waals surface area contributed by atoms with E-state index in [0.29, 0.717) is 31.6 Å². The van der Waals surface area contributed by atoms with E-state index in [1.165, 1.54) is 26.0 Å². The molecule has 6 heteroatoms. The summed E-state index contributed by atoms with van der Waals surface area (Å²) in [5.74, 6) is 1.33. The van der Waals surface area contributed by atoms with Crippen LogP contribution in [0.4, 0.5) is 5.69 Å². The van der Waals surface area contributed by atoms with E-state index in [-0.39, 0.29) is 11.4 Å². The molecule has 1 aliphatic carbocycles. The molecule has 0 aromatic heterocycles. The van der Waals surface area contributed by atoms with Crippen molar-refractivity contribution in [3.8, 4) is 5.75 Å². The Hall–Kier alpha value is -1.66. The summed E-state index contributed by atoms with van der Waals surface area (Å²) in [7, 11) is 1.42. The summed E-state index contributed by atoms with van der Waals surface area (Å²) < 4.78 is 10.7. The highest BCUT2D eigenvalue weighted by molar-refractivity contribution is 5.48. The zero-order valence-corrected chi connectivity index (χ0v) is 12.3. The van der Waals surface area contributed by atoms with Gasteiger partial charge in [0.25, 0.3) is 0 Å². The van der Waals surface area contributed by atoms with Crippen molar-refractivity contribution in [2.75, 3.05) is 20.3 Å². The third-order valence-electron chi connectivity index (χ3n) is 4.16. The molecular weight excluding hydrogens is 272 g/mol. The molecule has 0 heterocycles. The van der Waals surface area contributed by atoms with Crippen LogP contribution < -0.4 is 10.5 Å². The molecule has 0 amide bonds. The lowest BCUT2D eigenvalue weighted by Crippen LogP contribution is -2.22. The average Bonchev–Trinajstić information content (AvgIpc) is 2.94. The van der Waals surface area contributed by atoms with Gasteiger partial charge in [0.05, 0.1) is 25.2 Å². The molecule has 0 bridgehead atoms. The van der Waals surface area contributed by atoms with E-state index in [4.69, 9.17) is 15.2 Å². The number of rotatable bonds is 7. The smallest absolute Gasteiger partial charge is 0.311 e. The number of hydrogen-bond donors (Lipinski definition) is 1. The molecule has 0 radical (unpaired) electrons. The predicted molar refractivity (Wildman–Crippen MR) is 79.2 cm³/mol. The number of nitrogens with two attached hydrogens (primary N) is 1. The Morgan fingerprint density at radius 2 is 2.14 bits per heavy atom. The van der Waals surface area contributed by atoms with Gasteiger partial charge in [0, 0.05) is 6.07 Å². The minimum atomic E-state index is -0.441. The fourth-order valence-corrected chi connectivity index (χ4v) is 2.94. The van der Waals surface area contributed by atoms with Crippen LogP contribution >= 0.6 is 0 Å². The number of methoxy groups -OCH3 is 1. The summed E-state index contributed by atoms with van der Waals surface area (Å²) in [5.41, 5.74) is 6.50. The van der Waals surface area contributed by atoms with Gasteiger partial charge in [-0.15, -0.1) is 0 Å². The number of nitro groups is 1. The third-order valence-corrected chi connectivity index (χ3v) is 4.16. The maximum Gasteiger partial charge on any atom is 0.311 e. The van der Waals surface area contributed by atoms with E-state index in [1.54, 1.807) is 12.1 Å². The van der Waals surface area contributed by atoms with Crippen molar-refractivity contribution in [2.45, 2.75) is 25.9 Å². The van der Waals surface area contributed by atoms with Crippen molar-refractivity contribution in [3.05, 3.63) is 33.9 Å². The topological polar surface area (TPSA) is 87.6 Å². The van der Waals surface area contributed by atoms with E-state index in [0.717, 1.165) is 12.0 Å². The number of nitro benzene ring substituents is 1. The van der Waals surface area contributed by atoms with Gasteiger partial charge in [-0.1, -0.05) is 12.5 Å². The van der Waals surface area contributed by atoms with Crippen molar-refractivity contribution in [2.24, 2.45) is 17.6 Å². The van der Waals surface area contributed by atoms with Crippen LogP contribution in [-0.4, -0.2) is 25.2 Å². The maximum absolute atomic E-state index is 11.0. The monoisotopic (exact) mass is 294 g/mol. The number of hydrogen-bond acceptors (Lipinski definition) is 5. The number of benzene rings is 1. The molecule has 1 fully saturated rings. The first-order valence-electron chi connectivity index (χ1n) is 7.24. The van der Waals surface area contributed by atoms with Crippen LogP contribution in [0.2, 0.25) is 0 Å². The summed E-state index contributed by atoms with van der Waals surface area (Å²) in [6.07, 6.45) is 3.55. The van der Waals surface area contributed by atoms with E-state index >= 15 is 0 Å². The van der Waals surface area contributed by atoms with Gasteiger partial charge in [0.15, 0.2) is 5.75 Å². The molecule has 0 aliphatic heterocycles. The third kappa shape index (κ3) is 3.92. The molecule has 1 aromatic carbocycles. The quantitative estimate of drug-likeness (QED) is 0.616. The van der Waals surface area contributed by atoms with Gasteiger partial charge in [-0.2, -0.15) is 0 Å². The normalized spacial score (nSPS) is 21.4. The van der Waals surface area contributed by atoms with Crippen LogP contribution in [0.5, 0.6) is 5.75 Å². The fraction of sp³-hybridized carbons (Fsp3) is 0.600. The Bertz CT molecular complexity index is 493. The second kappa shape index (κ2) is 7.38. The van der Waals surface area contributed by atoms with Crippen LogP contribution in [0.15, 0.2) is 18.2 Å². The molecule has 1 aromatic rings. The molecule has 2 unspecified atom stereocenters. The molecule has 2 atom stereocenters. The van der Waals surface area contributed by atoms with Crippen molar-refractivity contribution in [1.29, 1.82) is 0 Å². The van der Waals surface area contributed by atoms with Crippen molar-refractivity contribution in [1.82, 2.24) is 0 Å². The number of ether oxygens (including phenoxy) is 2.